The summed E-state index contributed by atoms with van der Waals surface area (Å²) in [6.07, 6.45) is 1.24. The molecular weight excluding hydrogens is 263 g/mol. The van der Waals surface area contributed by atoms with Crippen molar-refractivity contribution < 1.29 is 4.39 Å². The Morgan fingerprint density at radius 3 is 2.76 bits per heavy atom. The van der Waals surface area contributed by atoms with Crippen LogP contribution in [0.1, 0.15) is 38.3 Å². The van der Waals surface area contributed by atoms with Gasteiger partial charge in [0.2, 0.25) is 0 Å². The van der Waals surface area contributed by atoms with E-state index < -0.39 is 0 Å². The van der Waals surface area contributed by atoms with Gasteiger partial charge < -0.3 is 5.73 Å². The van der Waals surface area contributed by atoms with Gasteiger partial charge in [0.1, 0.15) is 5.82 Å². The maximum Gasteiger partial charge on any atom is 0.138 e. The van der Waals surface area contributed by atoms with E-state index >= 15 is 0 Å². The summed E-state index contributed by atoms with van der Waals surface area (Å²) in [4.78, 5) is 2.45. The predicted molar refractivity (Wildman–Crippen MR) is 85.2 cm³/mol. The summed E-state index contributed by atoms with van der Waals surface area (Å²) in [6.45, 7) is 10.3. The smallest absolute Gasteiger partial charge is 0.138 e. The van der Waals surface area contributed by atoms with Gasteiger partial charge in [-0.25, -0.2) is 4.39 Å². The van der Waals surface area contributed by atoms with Gasteiger partial charge in [-0.2, -0.15) is 0 Å². The monoisotopic (exact) mass is 288 g/mol. The second kappa shape index (κ2) is 6.60. The highest BCUT2D eigenvalue weighted by atomic mass is 19.1. The van der Waals surface area contributed by atoms with Crippen molar-refractivity contribution in [1.82, 2.24) is 4.90 Å². The van der Waals surface area contributed by atoms with Crippen LogP contribution in [0, 0.1) is 29.0 Å². The third-order valence-electron chi connectivity index (χ3n) is 4.26. The highest BCUT2D eigenvalue weighted by molar-refractivity contribution is 5.38. The van der Waals surface area contributed by atoms with Crippen molar-refractivity contribution in [2.45, 2.75) is 33.7 Å². The molecule has 0 radical (unpaired) electrons. The molecule has 1 aromatic rings. The third kappa shape index (κ3) is 4.30. The van der Waals surface area contributed by atoms with Gasteiger partial charge in [-0.05, 0) is 42.0 Å². The molecule has 0 bridgehead atoms. The molecule has 0 amide bonds. The molecular formula is C18H25FN2. The van der Waals surface area contributed by atoms with E-state index in [1.807, 2.05) is 12.1 Å². The van der Waals surface area contributed by atoms with Crippen LogP contribution >= 0.6 is 0 Å². The largest absolute Gasteiger partial charge is 0.320 e. The molecule has 1 aromatic carbocycles. The molecule has 2 rings (SSSR count). The summed E-state index contributed by atoms with van der Waals surface area (Å²) in [7, 11) is 0. The molecule has 1 fully saturated rings. The number of halogens is 1. The molecule has 1 aliphatic rings. The minimum atomic E-state index is -0.270. The first-order valence-electron chi connectivity index (χ1n) is 7.60. The van der Waals surface area contributed by atoms with Crippen LogP contribution in [-0.4, -0.2) is 24.5 Å². The molecule has 3 heteroatoms. The maximum atomic E-state index is 13.7. The zero-order valence-electron chi connectivity index (χ0n) is 13.2. The number of nitrogens with zero attached hydrogens (tertiary/aromatic N) is 1. The van der Waals surface area contributed by atoms with Gasteiger partial charge >= 0.3 is 0 Å². The van der Waals surface area contributed by atoms with Gasteiger partial charge in [0.15, 0.2) is 0 Å². The summed E-state index contributed by atoms with van der Waals surface area (Å²) in [5.41, 5.74) is 7.27. The van der Waals surface area contributed by atoms with Crippen molar-refractivity contribution in [2.75, 3.05) is 19.6 Å². The van der Waals surface area contributed by atoms with Crippen LogP contribution in [0.5, 0.6) is 0 Å². The van der Waals surface area contributed by atoms with E-state index in [9.17, 15) is 4.39 Å². The Labute approximate surface area is 127 Å². The first-order valence-corrected chi connectivity index (χ1v) is 7.60. The number of benzene rings is 1. The van der Waals surface area contributed by atoms with Gasteiger partial charge in [-0.1, -0.05) is 38.7 Å². The fraction of sp³-hybridized carbons (Fsp3) is 0.556. The Hall–Kier alpha value is -1.37. The van der Waals surface area contributed by atoms with Crippen LogP contribution in [-0.2, 0) is 6.54 Å². The van der Waals surface area contributed by atoms with Crippen molar-refractivity contribution in [1.29, 1.82) is 0 Å². The lowest BCUT2D eigenvalue weighted by atomic mass is 9.80. The van der Waals surface area contributed by atoms with E-state index in [0.717, 1.165) is 31.1 Å². The second-order valence-corrected chi connectivity index (χ2v) is 6.91. The van der Waals surface area contributed by atoms with Crippen LogP contribution in [0.4, 0.5) is 4.39 Å². The molecule has 1 heterocycles. The molecule has 1 unspecified atom stereocenters. The molecule has 0 aromatic heterocycles. The van der Waals surface area contributed by atoms with E-state index in [-0.39, 0.29) is 12.4 Å². The van der Waals surface area contributed by atoms with Crippen molar-refractivity contribution in [3.8, 4) is 11.8 Å². The van der Waals surface area contributed by atoms with Gasteiger partial charge in [-0.3, -0.25) is 4.90 Å². The summed E-state index contributed by atoms with van der Waals surface area (Å²) >= 11 is 0. The van der Waals surface area contributed by atoms with Crippen LogP contribution in [0.25, 0.3) is 0 Å². The lowest BCUT2D eigenvalue weighted by Gasteiger charge is -2.27. The molecule has 21 heavy (non-hydrogen) atoms. The Bertz CT molecular complexity index is 549. The molecule has 114 valence electrons. The van der Waals surface area contributed by atoms with Gasteiger partial charge in [0.05, 0.1) is 12.1 Å². The zero-order chi connectivity index (χ0) is 15.5. The maximum absolute atomic E-state index is 13.7. The van der Waals surface area contributed by atoms with Crippen molar-refractivity contribution >= 4 is 0 Å². The second-order valence-electron chi connectivity index (χ2n) is 6.91. The third-order valence-corrected chi connectivity index (χ3v) is 4.26. The topological polar surface area (TPSA) is 29.3 Å². The van der Waals surface area contributed by atoms with Crippen molar-refractivity contribution in [3.63, 3.8) is 0 Å². The fourth-order valence-electron chi connectivity index (χ4n) is 2.85. The standard InChI is InChI=1S/C18H25FN2/c1-18(2,3)16-8-10-21(13-16)12-14-6-7-17(19)15(11-14)5-4-9-20/h6-7,11,16H,8-10,12-13,20H2,1-3H3. The highest BCUT2D eigenvalue weighted by Crippen LogP contribution is 2.34. The summed E-state index contributed by atoms with van der Waals surface area (Å²) in [6, 6.07) is 5.21. The summed E-state index contributed by atoms with van der Waals surface area (Å²) in [5, 5.41) is 0. The SMILES string of the molecule is CC(C)(C)C1CCN(Cc2ccc(F)c(C#CCN)c2)C1. The highest BCUT2D eigenvalue weighted by Gasteiger charge is 2.31. The summed E-state index contributed by atoms with van der Waals surface area (Å²) in [5.74, 6) is 5.98. The minimum absolute atomic E-state index is 0.253. The molecule has 2 N–H and O–H groups in total. The number of nitrogens with two attached hydrogens (primary N) is 1. The number of hydrogen-bond donors (Lipinski definition) is 1. The van der Waals surface area contributed by atoms with Crippen LogP contribution in [0.15, 0.2) is 18.2 Å². The number of likely N-dealkylation sites (tertiary alicyclic amines) is 1. The van der Waals surface area contributed by atoms with E-state index in [2.05, 4.69) is 37.5 Å². The molecule has 0 spiro atoms. The Morgan fingerprint density at radius 1 is 1.38 bits per heavy atom. The summed E-state index contributed by atoms with van der Waals surface area (Å²) < 4.78 is 13.7. The van der Waals surface area contributed by atoms with E-state index in [4.69, 9.17) is 5.73 Å². The van der Waals surface area contributed by atoms with E-state index in [0.29, 0.717) is 11.0 Å². The minimum Gasteiger partial charge on any atom is -0.320 e. The predicted octanol–water partition coefficient (Wildman–Crippen LogP) is 3.00. The van der Waals surface area contributed by atoms with E-state index in [1.54, 1.807) is 0 Å². The number of hydrogen-bond acceptors (Lipinski definition) is 2. The lowest BCUT2D eigenvalue weighted by molar-refractivity contribution is 0.226. The van der Waals surface area contributed by atoms with E-state index in [1.165, 1.54) is 12.5 Å². The van der Waals surface area contributed by atoms with Gasteiger partial charge in [-0.15, -0.1) is 0 Å². The average Bonchev–Trinajstić information content (AvgIpc) is 2.88. The average molecular weight is 288 g/mol. The normalized spacial score (nSPS) is 19.4. The van der Waals surface area contributed by atoms with Crippen molar-refractivity contribution in [2.24, 2.45) is 17.1 Å². The van der Waals surface area contributed by atoms with Gasteiger partial charge in [0.25, 0.3) is 0 Å². The first kappa shape index (κ1) is 16.0. The Balaban J connectivity index is 2.04. The fourth-order valence-corrected chi connectivity index (χ4v) is 2.85. The number of rotatable bonds is 2. The van der Waals surface area contributed by atoms with Crippen LogP contribution in [0.2, 0.25) is 0 Å². The molecule has 1 aliphatic heterocycles. The Morgan fingerprint density at radius 2 is 2.14 bits per heavy atom. The van der Waals surface area contributed by atoms with Gasteiger partial charge in [0, 0.05) is 13.1 Å². The first-order chi connectivity index (χ1) is 9.90. The lowest BCUT2D eigenvalue weighted by Crippen LogP contribution is -2.25. The molecule has 1 saturated heterocycles. The quantitative estimate of drug-likeness (QED) is 0.848. The van der Waals surface area contributed by atoms with Crippen LogP contribution in [0.3, 0.4) is 0 Å². The molecule has 0 aliphatic carbocycles. The molecule has 0 saturated carbocycles. The zero-order valence-corrected chi connectivity index (χ0v) is 13.2. The molecule has 2 nitrogen and oxygen atoms in total. The van der Waals surface area contributed by atoms with Crippen molar-refractivity contribution in [3.05, 3.63) is 35.1 Å². The molecule has 1 atom stereocenters. The Kier molecular flexibility index (Phi) is 5.03. The van der Waals surface area contributed by atoms with Crippen LogP contribution < -0.4 is 5.73 Å².